The lowest BCUT2D eigenvalue weighted by Crippen LogP contribution is -2.16. The largest absolute Gasteiger partial charge is 0.268 e. The predicted octanol–water partition coefficient (Wildman–Crippen LogP) is 6.47. The monoisotopic (exact) mass is 511 g/mol. The van der Waals surface area contributed by atoms with E-state index in [-0.39, 0.29) is 5.41 Å². The number of hydrogen-bond donors (Lipinski definition) is 0. The van der Waals surface area contributed by atoms with Crippen LogP contribution in [-0.4, -0.2) is 41.9 Å². The fourth-order valence-corrected chi connectivity index (χ4v) is 4.20. The van der Waals surface area contributed by atoms with Gasteiger partial charge in [-0.25, -0.2) is 15.0 Å². The second kappa shape index (κ2) is 10.1. The van der Waals surface area contributed by atoms with Gasteiger partial charge >= 0.3 is 0 Å². The van der Waals surface area contributed by atoms with Crippen LogP contribution in [0.5, 0.6) is 0 Å². The smallest absolute Gasteiger partial charge is 0.257 e. The van der Waals surface area contributed by atoms with Crippen molar-refractivity contribution in [2.45, 2.75) is 26.2 Å². The summed E-state index contributed by atoms with van der Waals surface area (Å²) in [5.41, 5.74) is 6.07. The Bertz CT molecular complexity index is 1630. The first-order chi connectivity index (χ1) is 18.9. The van der Waals surface area contributed by atoms with E-state index in [9.17, 15) is 0 Å². The summed E-state index contributed by atoms with van der Waals surface area (Å²) in [5, 5.41) is 8.90. The van der Waals surface area contributed by atoms with Gasteiger partial charge < -0.3 is 0 Å². The maximum Gasteiger partial charge on any atom is 0.268 e. The van der Waals surface area contributed by atoms with Crippen molar-refractivity contribution in [3.63, 3.8) is 0 Å². The van der Waals surface area contributed by atoms with E-state index in [1.54, 1.807) is 0 Å². The van der Waals surface area contributed by atoms with E-state index in [2.05, 4.69) is 41.1 Å². The molecule has 0 N–H and O–H groups in total. The average Bonchev–Trinajstić information content (AvgIpc) is 3.48. The zero-order chi connectivity index (χ0) is 26.8. The molecule has 1 aliphatic rings. The van der Waals surface area contributed by atoms with Crippen LogP contribution in [0.25, 0.3) is 34.0 Å². The van der Waals surface area contributed by atoms with Crippen LogP contribution >= 0.6 is 0 Å². The van der Waals surface area contributed by atoms with Crippen LogP contribution in [0.15, 0.2) is 108 Å². The third kappa shape index (κ3) is 5.22. The molecular weight excluding hydrogens is 484 g/mol. The highest BCUT2D eigenvalue weighted by Crippen LogP contribution is 2.26. The van der Waals surface area contributed by atoms with E-state index in [1.165, 1.54) is 0 Å². The molecule has 0 spiro atoms. The topological polar surface area (TPSA) is 92.2 Å². The summed E-state index contributed by atoms with van der Waals surface area (Å²) >= 11 is 0. The van der Waals surface area contributed by atoms with E-state index < -0.39 is 0 Å². The SMILES string of the molecule is CC(C)(C)c1cnc(-c2cccc([N+]3=NN=C(c4nc(-c5ccccc5)nc(-c5ccccc5)n4)C3)c2)cn1. The molecule has 3 heterocycles. The van der Waals surface area contributed by atoms with Gasteiger partial charge in [0.15, 0.2) is 23.9 Å². The van der Waals surface area contributed by atoms with Crippen molar-refractivity contribution >= 4 is 11.4 Å². The minimum Gasteiger partial charge on any atom is -0.257 e. The Hall–Kier alpha value is -4.98. The normalized spacial score (nSPS) is 13.2. The summed E-state index contributed by atoms with van der Waals surface area (Å²) < 4.78 is 1.84. The van der Waals surface area contributed by atoms with Crippen molar-refractivity contribution in [3.05, 3.63) is 109 Å². The molecule has 0 aliphatic carbocycles. The minimum atomic E-state index is -0.0503. The van der Waals surface area contributed by atoms with Gasteiger partial charge in [0.1, 0.15) is 5.22 Å². The maximum atomic E-state index is 4.77. The van der Waals surface area contributed by atoms with Crippen LogP contribution in [0.1, 0.15) is 32.3 Å². The maximum absolute atomic E-state index is 4.77. The van der Waals surface area contributed by atoms with Gasteiger partial charge in [0, 0.05) is 28.3 Å². The van der Waals surface area contributed by atoms with Crippen LogP contribution < -0.4 is 0 Å². The van der Waals surface area contributed by atoms with Gasteiger partial charge in [-0.15, -0.1) is 4.70 Å². The van der Waals surface area contributed by atoms with Gasteiger partial charge in [0.05, 0.1) is 22.7 Å². The fourth-order valence-electron chi connectivity index (χ4n) is 4.20. The molecule has 190 valence electrons. The van der Waals surface area contributed by atoms with Gasteiger partial charge in [-0.2, -0.15) is 0 Å². The molecule has 0 unspecified atom stereocenters. The summed E-state index contributed by atoms with van der Waals surface area (Å²) in [6.45, 7) is 6.82. The van der Waals surface area contributed by atoms with E-state index in [0.717, 1.165) is 33.8 Å². The summed E-state index contributed by atoms with van der Waals surface area (Å²) in [4.78, 5) is 23.6. The first kappa shape index (κ1) is 24.4. The van der Waals surface area contributed by atoms with E-state index in [4.69, 9.17) is 15.0 Å². The molecule has 0 radical (unpaired) electrons. The van der Waals surface area contributed by atoms with Gasteiger partial charge in [-0.1, -0.05) is 93.6 Å². The molecule has 1 aliphatic heterocycles. The van der Waals surface area contributed by atoms with Gasteiger partial charge in [0.2, 0.25) is 5.82 Å². The van der Waals surface area contributed by atoms with Crippen molar-refractivity contribution in [1.82, 2.24) is 24.9 Å². The first-order valence-corrected chi connectivity index (χ1v) is 12.8. The lowest BCUT2D eigenvalue weighted by atomic mass is 9.93. The van der Waals surface area contributed by atoms with Gasteiger partial charge in [0.25, 0.3) is 5.71 Å². The Labute approximate surface area is 226 Å². The Morgan fingerprint density at radius 1 is 0.641 bits per heavy atom. The van der Waals surface area contributed by atoms with Crippen molar-refractivity contribution in [2.24, 2.45) is 10.3 Å². The highest BCUT2D eigenvalue weighted by atomic mass is 15.5. The molecule has 8 heteroatoms. The molecule has 0 saturated carbocycles. The Morgan fingerprint density at radius 3 is 1.85 bits per heavy atom. The molecule has 0 bridgehead atoms. The molecular formula is C31H27N8+. The molecule has 39 heavy (non-hydrogen) atoms. The summed E-state index contributed by atoms with van der Waals surface area (Å²) in [6, 6.07) is 27.8. The number of rotatable bonds is 5. The number of aromatic nitrogens is 5. The zero-order valence-electron chi connectivity index (χ0n) is 22.0. The summed E-state index contributed by atoms with van der Waals surface area (Å²) in [6.07, 6.45) is 3.67. The Morgan fingerprint density at radius 2 is 1.26 bits per heavy atom. The van der Waals surface area contributed by atoms with E-state index in [0.29, 0.717) is 29.7 Å². The first-order valence-electron chi connectivity index (χ1n) is 12.8. The lowest BCUT2D eigenvalue weighted by Gasteiger charge is -2.16. The van der Waals surface area contributed by atoms with Gasteiger partial charge in [-0.3, -0.25) is 9.97 Å². The zero-order valence-corrected chi connectivity index (χ0v) is 22.0. The van der Waals surface area contributed by atoms with Crippen LogP contribution in [0.3, 0.4) is 0 Å². The molecule has 0 atom stereocenters. The predicted molar refractivity (Wildman–Crippen MR) is 151 cm³/mol. The van der Waals surface area contributed by atoms with Crippen LogP contribution in [-0.2, 0) is 5.41 Å². The summed E-state index contributed by atoms with van der Waals surface area (Å²) in [5.74, 6) is 1.70. The fraction of sp³-hybridized carbons (Fsp3) is 0.161. The standard InChI is InChI=1S/C31H27N8/c1-31(2,3)27-19-32-25(18-33-27)23-15-10-16-24(17-23)39-20-26(37-38-39)30-35-28(21-11-6-4-7-12-21)34-29(36-30)22-13-8-5-9-14-22/h4-19H,20H2,1-3H3/q+1. The molecule has 3 aromatic carbocycles. The molecule has 8 nitrogen and oxygen atoms in total. The second-order valence-electron chi connectivity index (χ2n) is 10.3. The molecule has 6 rings (SSSR count). The second-order valence-corrected chi connectivity index (χ2v) is 10.3. The van der Waals surface area contributed by atoms with Crippen LogP contribution in [0.2, 0.25) is 0 Å². The van der Waals surface area contributed by atoms with Gasteiger partial charge in [-0.05, 0) is 12.1 Å². The van der Waals surface area contributed by atoms with Crippen molar-refractivity contribution < 1.29 is 4.70 Å². The van der Waals surface area contributed by atoms with E-state index in [1.807, 2.05) is 102 Å². The third-order valence-corrected chi connectivity index (χ3v) is 6.39. The van der Waals surface area contributed by atoms with Crippen LogP contribution in [0, 0.1) is 0 Å². The number of benzene rings is 3. The number of hydrogen-bond acceptors (Lipinski definition) is 7. The van der Waals surface area contributed by atoms with Crippen molar-refractivity contribution in [1.29, 1.82) is 0 Å². The Kier molecular flexibility index (Phi) is 6.28. The van der Waals surface area contributed by atoms with E-state index >= 15 is 0 Å². The molecule has 0 amide bonds. The van der Waals surface area contributed by atoms with Crippen molar-refractivity contribution in [2.75, 3.05) is 6.54 Å². The third-order valence-electron chi connectivity index (χ3n) is 6.39. The highest BCUT2D eigenvalue weighted by Gasteiger charge is 2.28. The quantitative estimate of drug-likeness (QED) is 0.252. The van der Waals surface area contributed by atoms with Crippen molar-refractivity contribution in [3.8, 4) is 34.0 Å². The molecule has 0 fully saturated rings. The summed E-state index contributed by atoms with van der Waals surface area (Å²) in [7, 11) is 0. The molecule has 2 aromatic heterocycles. The van der Waals surface area contributed by atoms with Crippen LogP contribution in [0.4, 0.5) is 5.69 Å². The minimum absolute atomic E-state index is 0.0503. The Balaban J connectivity index is 1.29. The highest BCUT2D eigenvalue weighted by molar-refractivity contribution is 5.99. The molecule has 0 saturated heterocycles. The molecule has 5 aromatic rings. The lowest BCUT2D eigenvalue weighted by molar-refractivity contribution is -0.492. The number of nitrogens with zero attached hydrogens (tertiary/aromatic N) is 8. The average molecular weight is 512 g/mol.